The lowest BCUT2D eigenvalue weighted by atomic mass is 10.1. The molecule has 0 atom stereocenters. The summed E-state index contributed by atoms with van der Waals surface area (Å²) in [6.07, 6.45) is 3.16. The van der Waals surface area contributed by atoms with E-state index >= 15 is 0 Å². The van der Waals surface area contributed by atoms with Crippen LogP contribution < -0.4 is 15.8 Å². The van der Waals surface area contributed by atoms with Crippen LogP contribution in [0.1, 0.15) is 25.0 Å². The van der Waals surface area contributed by atoms with Gasteiger partial charge in [0.1, 0.15) is 11.6 Å². The molecular formula is C19H21FN2O2. The SMILES string of the molecule is CC(C)Oc1ccc(/C=C\C(=O)NCc2ccc(F)cc2)cc1N. The molecule has 0 aliphatic carbocycles. The molecule has 0 bridgehead atoms. The number of halogens is 1. The molecule has 3 N–H and O–H groups in total. The average molecular weight is 328 g/mol. The van der Waals surface area contributed by atoms with Gasteiger partial charge in [-0.25, -0.2) is 4.39 Å². The van der Waals surface area contributed by atoms with E-state index in [-0.39, 0.29) is 17.8 Å². The summed E-state index contributed by atoms with van der Waals surface area (Å²) in [5.74, 6) is 0.0933. The van der Waals surface area contributed by atoms with Crippen molar-refractivity contribution in [3.63, 3.8) is 0 Å². The Morgan fingerprint density at radius 3 is 2.58 bits per heavy atom. The van der Waals surface area contributed by atoms with E-state index in [1.165, 1.54) is 18.2 Å². The molecule has 0 radical (unpaired) electrons. The minimum Gasteiger partial charge on any atom is -0.489 e. The second-order valence-electron chi connectivity index (χ2n) is 5.64. The summed E-state index contributed by atoms with van der Waals surface area (Å²) in [6, 6.07) is 11.4. The lowest BCUT2D eigenvalue weighted by molar-refractivity contribution is -0.116. The van der Waals surface area contributed by atoms with Crippen LogP contribution in [0.5, 0.6) is 5.75 Å². The van der Waals surface area contributed by atoms with Crippen LogP contribution in [0.3, 0.4) is 0 Å². The molecule has 4 nitrogen and oxygen atoms in total. The Morgan fingerprint density at radius 2 is 1.96 bits per heavy atom. The lowest BCUT2D eigenvalue weighted by Crippen LogP contribution is -2.20. The molecule has 0 heterocycles. The van der Waals surface area contributed by atoms with Gasteiger partial charge in [-0.15, -0.1) is 0 Å². The molecule has 0 unspecified atom stereocenters. The average Bonchev–Trinajstić information content (AvgIpc) is 2.54. The highest BCUT2D eigenvalue weighted by atomic mass is 19.1. The fourth-order valence-corrected chi connectivity index (χ4v) is 2.05. The number of hydrogen-bond acceptors (Lipinski definition) is 3. The van der Waals surface area contributed by atoms with Crippen molar-refractivity contribution >= 4 is 17.7 Å². The van der Waals surface area contributed by atoms with E-state index in [4.69, 9.17) is 10.5 Å². The Kier molecular flexibility index (Phi) is 5.95. The normalized spacial score (nSPS) is 11.0. The first-order valence-electron chi connectivity index (χ1n) is 7.70. The number of nitrogens with one attached hydrogen (secondary N) is 1. The van der Waals surface area contributed by atoms with Crippen LogP contribution in [-0.4, -0.2) is 12.0 Å². The number of nitrogens with two attached hydrogens (primary N) is 1. The van der Waals surface area contributed by atoms with E-state index in [0.29, 0.717) is 18.0 Å². The van der Waals surface area contributed by atoms with Crippen molar-refractivity contribution in [3.8, 4) is 5.75 Å². The molecular weight excluding hydrogens is 307 g/mol. The van der Waals surface area contributed by atoms with Crippen molar-refractivity contribution < 1.29 is 13.9 Å². The minimum absolute atomic E-state index is 0.0472. The van der Waals surface area contributed by atoms with Crippen molar-refractivity contribution in [2.24, 2.45) is 0 Å². The zero-order valence-electron chi connectivity index (χ0n) is 13.8. The predicted octanol–water partition coefficient (Wildman–Crippen LogP) is 3.52. The van der Waals surface area contributed by atoms with Gasteiger partial charge in [-0.1, -0.05) is 18.2 Å². The van der Waals surface area contributed by atoms with Gasteiger partial charge in [-0.05, 0) is 55.3 Å². The molecule has 0 aliphatic rings. The molecule has 0 aromatic heterocycles. The maximum absolute atomic E-state index is 12.8. The van der Waals surface area contributed by atoms with Crippen LogP contribution >= 0.6 is 0 Å². The molecule has 0 aliphatic heterocycles. The molecule has 5 heteroatoms. The van der Waals surface area contributed by atoms with Gasteiger partial charge in [0.25, 0.3) is 0 Å². The third kappa shape index (κ3) is 5.43. The summed E-state index contributed by atoms with van der Waals surface area (Å²) in [4.78, 5) is 11.8. The van der Waals surface area contributed by atoms with Crippen molar-refractivity contribution in [2.45, 2.75) is 26.5 Å². The maximum atomic E-state index is 12.8. The van der Waals surface area contributed by atoms with E-state index in [9.17, 15) is 9.18 Å². The number of ether oxygens (including phenoxy) is 1. The fourth-order valence-electron chi connectivity index (χ4n) is 2.05. The number of anilines is 1. The first-order valence-corrected chi connectivity index (χ1v) is 7.70. The molecule has 2 rings (SSSR count). The first-order chi connectivity index (χ1) is 11.4. The van der Waals surface area contributed by atoms with Crippen molar-refractivity contribution in [2.75, 3.05) is 5.73 Å². The molecule has 126 valence electrons. The van der Waals surface area contributed by atoms with Gasteiger partial charge in [0.2, 0.25) is 5.91 Å². The monoisotopic (exact) mass is 328 g/mol. The predicted molar refractivity (Wildman–Crippen MR) is 93.9 cm³/mol. The number of amides is 1. The fraction of sp³-hybridized carbons (Fsp3) is 0.211. The molecule has 0 fully saturated rings. The second kappa shape index (κ2) is 8.15. The highest BCUT2D eigenvalue weighted by Gasteiger charge is 2.03. The third-order valence-electron chi connectivity index (χ3n) is 3.20. The summed E-state index contributed by atoms with van der Waals surface area (Å²) < 4.78 is 18.4. The summed E-state index contributed by atoms with van der Waals surface area (Å²) in [5.41, 5.74) is 8.10. The molecule has 2 aromatic rings. The van der Waals surface area contributed by atoms with Gasteiger partial charge in [0.05, 0.1) is 11.8 Å². The van der Waals surface area contributed by atoms with Gasteiger partial charge >= 0.3 is 0 Å². The second-order valence-corrected chi connectivity index (χ2v) is 5.64. The van der Waals surface area contributed by atoms with E-state index in [1.54, 1.807) is 30.3 Å². The van der Waals surface area contributed by atoms with Crippen LogP contribution in [0.25, 0.3) is 6.08 Å². The molecule has 0 spiro atoms. The van der Waals surface area contributed by atoms with Crippen LogP contribution in [0.2, 0.25) is 0 Å². The number of hydrogen-bond donors (Lipinski definition) is 2. The van der Waals surface area contributed by atoms with E-state index in [0.717, 1.165) is 11.1 Å². The van der Waals surface area contributed by atoms with Crippen molar-refractivity contribution in [3.05, 3.63) is 65.5 Å². The van der Waals surface area contributed by atoms with Crippen LogP contribution in [-0.2, 0) is 11.3 Å². The molecule has 24 heavy (non-hydrogen) atoms. The van der Waals surface area contributed by atoms with Crippen molar-refractivity contribution in [1.29, 1.82) is 0 Å². The molecule has 2 aromatic carbocycles. The van der Waals surface area contributed by atoms with Crippen LogP contribution in [0.15, 0.2) is 48.5 Å². The lowest BCUT2D eigenvalue weighted by Gasteiger charge is -2.12. The van der Waals surface area contributed by atoms with Gasteiger partial charge in [0, 0.05) is 12.6 Å². The van der Waals surface area contributed by atoms with Gasteiger partial charge in [-0.3, -0.25) is 4.79 Å². The standard InChI is InChI=1S/C19H21FN2O2/c1-13(2)24-18-9-5-14(11-17(18)21)6-10-19(23)22-12-15-3-7-16(20)8-4-15/h3-11,13H,12,21H2,1-2H3,(H,22,23)/b10-6-. The van der Waals surface area contributed by atoms with Crippen molar-refractivity contribution in [1.82, 2.24) is 5.32 Å². The zero-order valence-corrected chi connectivity index (χ0v) is 13.8. The number of rotatable bonds is 6. The quantitative estimate of drug-likeness (QED) is 0.630. The summed E-state index contributed by atoms with van der Waals surface area (Å²) >= 11 is 0. The zero-order chi connectivity index (χ0) is 17.5. The number of benzene rings is 2. The van der Waals surface area contributed by atoms with E-state index in [1.807, 2.05) is 19.9 Å². The van der Waals surface area contributed by atoms with Gasteiger partial charge < -0.3 is 15.8 Å². The Labute approximate surface area is 141 Å². The van der Waals surface area contributed by atoms with Crippen LogP contribution in [0.4, 0.5) is 10.1 Å². The Balaban J connectivity index is 1.91. The molecule has 0 saturated heterocycles. The van der Waals surface area contributed by atoms with E-state index < -0.39 is 0 Å². The Hall–Kier alpha value is -2.82. The minimum atomic E-state index is -0.299. The Morgan fingerprint density at radius 1 is 1.25 bits per heavy atom. The largest absolute Gasteiger partial charge is 0.489 e. The number of nitrogen functional groups attached to an aromatic ring is 1. The number of carbonyl (C=O) groups excluding carboxylic acids is 1. The highest BCUT2D eigenvalue weighted by Crippen LogP contribution is 2.24. The molecule has 1 amide bonds. The highest BCUT2D eigenvalue weighted by molar-refractivity contribution is 5.91. The molecule has 0 saturated carbocycles. The summed E-state index contributed by atoms with van der Waals surface area (Å²) in [6.45, 7) is 4.20. The Bertz CT molecular complexity index is 725. The summed E-state index contributed by atoms with van der Waals surface area (Å²) in [7, 11) is 0. The van der Waals surface area contributed by atoms with Gasteiger partial charge in [0.15, 0.2) is 0 Å². The number of carbonyl (C=O) groups is 1. The van der Waals surface area contributed by atoms with Gasteiger partial charge in [-0.2, -0.15) is 0 Å². The summed E-state index contributed by atoms with van der Waals surface area (Å²) in [5, 5.41) is 2.74. The maximum Gasteiger partial charge on any atom is 0.244 e. The van der Waals surface area contributed by atoms with E-state index in [2.05, 4.69) is 5.32 Å². The third-order valence-corrected chi connectivity index (χ3v) is 3.20. The van der Waals surface area contributed by atoms with Crippen LogP contribution in [0, 0.1) is 5.82 Å². The first kappa shape index (κ1) is 17.5. The smallest absolute Gasteiger partial charge is 0.244 e. The topological polar surface area (TPSA) is 64.3 Å².